The summed E-state index contributed by atoms with van der Waals surface area (Å²) in [6.07, 6.45) is 8.64. The van der Waals surface area contributed by atoms with E-state index in [4.69, 9.17) is 6.42 Å². The number of halogens is 1. The Morgan fingerprint density at radius 3 is 2.45 bits per heavy atom. The molecule has 0 unspecified atom stereocenters. The minimum absolute atomic E-state index is 1.08. The fraction of sp³-hybridized carbons (Fsp3) is 0. The summed E-state index contributed by atoms with van der Waals surface area (Å²) in [6.45, 7) is 0. The van der Waals surface area contributed by atoms with Crippen molar-refractivity contribution in [2.45, 2.75) is 0 Å². The fourth-order valence-electron chi connectivity index (χ4n) is 0.718. The Bertz CT molecular complexity index is 288. The monoisotopic (exact) mass is 206 g/mol. The van der Waals surface area contributed by atoms with Gasteiger partial charge in [-0.2, -0.15) is 0 Å². The van der Waals surface area contributed by atoms with E-state index in [-0.39, 0.29) is 0 Å². The van der Waals surface area contributed by atoms with Crippen molar-refractivity contribution in [1.82, 2.24) is 0 Å². The maximum Gasteiger partial charge on any atom is 0.0175 e. The Hall–Kier alpha value is -1.00. The Labute approximate surface area is 75.1 Å². The molecule has 0 atom stereocenters. The maximum absolute atomic E-state index is 5.06. The van der Waals surface area contributed by atoms with Gasteiger partial charge in [-0.1, -0.05) is 34.0 Å². The van der Waals surface area contributed by atoms with Crippen LogP contribution in [0.1, 0.15) is 5.56 Å². The first-order valence-electron chi connectivity index (χ1n) is 3.21. The third kappa shape index (κ3) is 2.61. The van der Waals surface area contributed by atoms with Crippen LogP contribution >= 0.6 is 15.9 Å². The Kier molecular flexibility index (Phi) is 2.95. The molecule has 0 amide bonds. The molecule has 0 spiro atoms. The van der Waals surface area contributed by atoms with Gasteiger partial charge in [-0.15, -0.1) is 6.42 Å². The number of benzene rings is 1. The van der Waals surface area contributed by atoms with Gasteiger partial charge < -0.3 is 0 Å². The van der Waals surface area contributed by atoms with Crippen LogP contribution in [0.2, 0.25) is 0 Å². The molecule has 0 saturated carbocycles. The van der Waals surface area contributed by atoms with Crippen LogP contribution in [0.4, 0.5) is 0 Å². The van der Waals surface area contributed by atoms with E-state index >= 15 is 0 Å². The summed E-state index contributed by atoms with van der Waals surface area (Å²) >= 11 is 3.35. The lowest BCUT2D eigenvalue weighted by Gasteiger charge is -1.91. The molecule has 0 aliphatic heterocycles. The van der Waals surface area contributed by atoms with E-state index in [1.165, 1.54) is 0 Å². The van der Waals surface area contributed by atoms with Gasteiger partial charge in [0.05, 0.1) is 0 Å². The third-order valence-corrected chi connectivity index (χ3v) is 1.77. The van der Waals surface area contributed by atoms with Crippen LogP contribution in [-0.4, -0.2) is 0 Å². The minimum atomic E-state index is 1.08. The van der Waals surface area contributed by atoms with Crippen LogP contribution in [0.25, 0.3) is 6.08 Å². The molecule has 0 heterocycles. The predicted molar refractivity (Wildman–Crippen MR) is 52.0 cm³/mol. The Balaban J connectivity index is 2.84. The van der Waals surface area contributed by atoms with Crippen molar-refractivity contribution in [2.75, 3.05) is 0 Å². The zero-order chi connectivity index (χ0) is 8.10. The van der Waals surface area contributed by atoms with Gasteiger partial charge in [-0.3, -0.25) is 0 Å². The molecule has 0 bridgehead atoms. The minimum Gasteiger partial charge on any atom is -0.115 e. The summed E-state index contributed by atoms with van der Waals surface area (Å²) in [4.78, 5) is 0. The van der Waals surface area contributed by atoms with E-state index in [9.17, 15) is 0 Å². The molecule has 0 aromatic heterocycles. The summed E-state index contributed by atoms with van der Waals surface area (Å²) in [5, 5.41) is 0. The highest BCUT2D eigenvalue weighted by atomic mass is 79.9. The summed E-state index contributed by atoms with van der Waals surface area (Å²) in [6, 6.07) is 7.96. The number of terminal acetylenes is 1. The molecular formula is C10H7Br. The second-order valence-corrected chi connectivity index (χ2v) is 2.97. The fourth-order valence-corrected chi connectivity index (χ4v) is 0.983. The zero-order valence-electron chi connectivity index (χ0n) is 5.92. The largest absolute Gasteiger partial charge is 0.115 e. The van der Waals surface area contributed by atoms with Gasteiger partial charge in [0.25, 0.3) is 0 Å². The van der Waals surface area contributed by atoms with E-state index in [0.29, 0.717) is 0 Å². The predicted octanol–water partition coefficient (Wildman–Crippen LogP) is 3.10. The molecule has 0 aliphatic carbocycles. The van der Waals surface area contributed by atoms with Crippen molar-refractivity contribution in [1.29, 1.82) is 0 Å². The lowest BCUT2D eigenvalue weighted by molar-refractivity contribution is 1.61. The van der Waals surface area contributed by atoms with Crippen molar-refractivity contribution in [3.8, 4) is 12.3 Å². The van der Waals surface area contributed by atoms with Crippen LogP contribution < -0.4 is 0 Å². The van der Waals surface area contributed by atoms with E-state index in [1.807, 2.05) is 30.3 Å². The first kappa shape index (κ1) is 8.10. The van der Waals surface area contributed by atoms with Crippen LogP contribution in [0.5, 0.6) is 0 Å². The van der Waals surface area contributed by atoms with Crippen molar-refractivity contribution in [3.05, 3.63) is 40.4 Å². The first-order chi connectivity index (χ1) is 5.33. The van der Waals surface area contributed by atoms with Crippen LogP contribution in [-0.2, 0) is 0 Å². The van der Waals surface area contributed by atoms with Gasteiger partial charge in [-0.25, -0.2) is 0 Å². The van der Waals surface area contributed by atoms with Crippen molar-refractivity contribution >= 4 is 22.0 Å². The second-order valence-electron chi connectivity index (χ2n) is 2.05. The molecule has 1 aromatic rings. The lowest BCUT2D eigenvalue weighted by atomic mass is 10.2. The highest BCUT2D eigenvalue weighted by Gasteiger charge is 1.85. The average Bonchev–Trinajstić information content (AvgIpc) is 2.04. The summed E-state index contributed by atoms with van der Waals surface area (Å²) in [5.74, 6) is 2.44. The lowest BCUT2D eigenvalue weighted by Crippen LogP contribution is -1.69. The molecule has 1 rings (SSSR count). The van der Waals surface area contributed by atoms with Crippen LogP contribution in [0, 0.1) is 12.3 Å². The quantitative estimate of drug-likeness (QED) is 0.620. The molecule has 0 nitrogen and oxygen atoms in total. The van der Waals surface area contributed by atoms with Crippen molar-refractivity contribution in [3.63, 3.8) is 0 Å². The van der Waals surface area contributed by atoms with Crippen LogP contribution in [0.15, 0.2) is 34.8 Å². The molecule has 0 N–H and O–H groups in total. The molecule has 54 valence electrons. The van der Waals surface area contributed by atoms with Gasteiger partial charge in [-0.05, 0) is 29.8 Å². The molecule has 0 saturated heterocycles. The highest BCUT2D eigenvalue weighted by molar-refractivity contribution is 9.10. The standard InChI is InChI=1S/C10H7Br/c1-2-3-4-9-5-7-10(11)8-6-9/h1,3-8H/b4-3+. The molecule has 0 radical (unpaired) electrons. The highest BCUT2D eigenvalue weighted by Crippen LogP contribution is 2.11. The smallest absolute Gasteiger partial charge is 0.0175 e. The topological polar surface area (TPSA) is 0 Å². The molecule has 1 aromatic carbocycles. The van der Waals surface area contributed by atoms with Gasteiger partial charge in [0, 0.05) is 4.47 Å². The maximum atomic E-state index is 5.06. The Morgan fingerprint density at radius 1 is 1.27 bits per heavy atom. The van der Waals surface area contributed by atoms with Gasteiger partial charge in [0.2, 0.25) is 0 Å². The number of hydrogen-bond acceptors (Lipinski definition) is 0. The number of rotatable bonds is 1. The normalized spacial score (nSPS) is 9.82. The van der Waals surface area contributed by atoms with E-state index in [1.54, 1.807) is 6.08 Å². The summed E-state index contributed by atoms with van der Waals surface area (Å²) < 4.78 is 1.08. The second kappa shape index (κ2) is 4.00. The van der Waals surface area contributed by atoms with Crippen molar-refractivity contribution in [2.24, 2.45) is 0 Å². The summed E-state index contributed by atoms with van der Waals surface area (Å²) in [7, 11) is 0. The van der Waals surface area contributed by atoms with Gasteiger partial charge in [0.1, 0.15) is 0 Å². The van der Waals surface area contributed by atoms with Gasteiger partial charge >= 0.3 is 0 Å². The van der Waals surface area contributed by atoms with Crippen LogP contribution in [0.3, 0.4) is 0 Å². The SMILES string of the molecule is C#C/C=C/c1ccc(Br)cc1. The van der Waals surface area contributed by atoms with Crippen molar-refractivity contribution < 1.29 is 0 Å². The molecule has 1 heteroatoms. The Morgan fingerprint density at radius 2 is 1.91 bits per heavy atom. The van der Waals surface area contributed by atoms with E-state index in [0.717, 1.165) is 10.0 Å². The average molecular weight is 207 g/mol. The molecule has 0 fully saturated rings. The van der Waals surface area contributed by atoms with E-state index in [2.05, 4.69) is 21.9 Å². The number of hydrogen-bond donors (Lipinski definition) is 0. The molecular weight excluding hydrogens is 200 g/mol. The molecule has 0 aliphatic rings. The number of allylic oxidation sites excluding steroid dienone is 1. The van der Waals surface area contributed by atoms with E-state index < -0.39 is 0 Å². The first-order valence-corrected chi connectivity index (χ1v) is 4.00. The third-order valence-electron chi connectivity index (χ3n) is 1.24. The zero-order valence-corrected chi connectivity index (χ0v) is 7.51. The molecule has 11 heavy (non-hydrogen) atoms. The van der Waals surface area contributed by atoms with Gasteiger partial charge in [0.15, 0.2) is 0 Å². The summed E-state index contributed by atoms with van der Waals surface area (Å²) in [5.41, 5.74) is 1.12.